The zero-order valence-electron chi connectivity index (χ0n) is 18.8. The van der Waals surface area contributed by atoms with Gasteiger partial charge >= 0.3 is 12.0 Å². The summed E-state index contributed by atoms with van der Waals surface area (Å²) in [6.07, 6.45) is -0.181. The Bertz CT molecular complexity index is 1110. The van der Waals surface area contributed by atoms with Gasteiger partial charge in [0.1, 0.15) is 0 Å². The molecule has 0 bridgehead atoms. The van der Waals surface area contributed by atoms with Crippen LogP contribution < -0.4 is 20.1 Å². The Morgan fingerprint density at radius 3 is 2.31 bits per heavy atom. The molecule has 1 atom stereocenters. The van der Waals surface area contributed by atoms with Crippen LogP contribution in [0.2, 0.25) is 0 Å². The summed E-state index contributed by atoms with van der Waals surface area (Å²) in [5, 5.41) is 18.6. The number of nitrogens with zero attached hydrogens (tertiary/aromatic N) is 1. The highest BCUT2D eigenvalue weighted by Crippen LogP contribution is 2.34. The van der Waals surface area contributed by atoms with Crippen LogP contribution in [0, 0.1) is 0 Å². The van der Waals surface area contributed by atoms with E-state index in [0.717, 1.165) is 9.75 Å². The maximum Gasteiger partial charge on any atom is 0.315 e. The predicted molar refractivity (Wildman–Crippen MR) is 132 cm³/mol. The molecule has 3 aromatic rings. The number of carboxylic acids is 1. The van der Waals surface area contributed by atoms with Crippen molar-refractivity contribution in [3.05, 3.63) is 68.5 Å². The van der Waals surface area contributed by atoms with Crippen molar-refractivity contribution in [1.29, 1.82) is 0 Å². The maximum absolute atomic E-state index is 12.9. The van der Waals surface area contributed by atoms with E-state index >= 15 is 0 Å². The SMILES string of the molecule is O=C(O)C[C@H](NC(=O)NCCC(=O)N(Cc1cccs1)Cc1cccs1)c1ccc2c(c1)OCO2. The Morgan fingerprint density at radius 1 is 1.00 bits per heavy atom. The Morgan fingerprint density at radius 2 is 1.69 bits per heavy atom. The molecule has 35 heavy (non-hydrogen) atoms. The summed E-state index contributed by atoms with van der Waals surface area (Å²) in [5.41, 5.74) is 0.584. The van der Waals surface area contributed by atoms with Crippen molar-refractivity contribution in [2.24, 2.45) is 0 Å². The lowest BCUT2D eigenvalue weighted by atomic mass is 10.0. The fraction of sp³-hybridized carbons (Fsp3) is 0.292. The third-order valence-corrected chi connectivity index (χ3v) is 7.04. The van der Waals surface area contributed by atoms with Crippen LogP contribution in [0.3, 0.4) is 0 Å². The smallest absolute Gasteiger partial charge is 0.315 e. The maximum atomic E-state index is 12.9. The number of hydrogen-bond acceptors (Lipinski definition) is 7. The van der Waals surface area contributed by atoms with Gasteiger partial charge in [-0.25, -0.2) is 4.79 Å². The third kappa shape index (κ3) is 6.96. The van der Waals surface area contributed by atoms with Gasteiger partial charge in [0.15, 0.2) is 11.5 Å². The molecule has 2 aromatic heterocycles. The highest BCUT2D eigenvalue weighted by Gasteiger charge is 2.22. The van der Waals surface area contributed by atoms with Crippen molar-refractivity contribution >= 4 is 40.6 Å². The van der Waals surface area contributed by atoms with Crippen molar-refractivity contribution in [2.45, 2.75) is 32.0 Å². The second kappa shape index (κ2) is 11.7. The highest BCUT2D eigenvalue weighted by molar-refractivity contribution is 7.10. The molecule has 1 aliphatic heterocycles. The minimum atomic E-state index is -1.05. The number of aliphatic carboxylic acids is 1. The zero-order valence-corrected chi connectivity index (χ0v) is 20.4. The quantitative estimate of drug-likeness (QED) is 0.356. The monoisotopic (exact) mass is 515 g/mol. The minimum Gasteiger partial charge on any atom is -0.481 e. The lowest BCUT2D eigenvalue weighted by Crippen LogP contribution is -2.40. The Labute approximate surface area is 210 Å². The molecule has 1 aliphatic rings. The number of thiophene rings is 2. The van der Waals surface area contributed by atoms with Gasteiger partial charge in [0.25, 0.3) is 0 Å². The molecule has 0 saturated heterocycles. The van der Waals surface area contributed by atoms with Crippen molar-refractivity contribution < 1.29 is 29.0 Å². The first-order chi connectivity index (χ1) is 17.0. The fourth-order valence-electron chi connectivity index (χ4n) is 3.62. The number of rotatable bonds is 11. The van der Waals surface area contributed by atoms with E-state index in [1.54, 1.807) is 45.8 Å². The van der Waals surface area contributed by atoms with Gasteiger partial charge in [-0.15, -0.1) is 22.7 Å². The molecule has 184 valence electrons. The number of hydrogen-bond donors (Lipinski definition) is 3. The number of nitrogens with one attached hydrogen (secondary N) is 2. The van der Waals surface area contributed by atoms with Gasteiger partial charge in [-0.05, 0) is 40.6 Å². The summed E-state index contributed by atoms with van der Waals surface area (Å²) in [6, 6.07) is 11.6. The standard InChI is InChI=1S/C24H25N3O6S2/c28-22(27(13-17-3-1-9-34-17)14-18-4-2-10-35-18)7-8-25-24(31)26-19(12-23(29)30)16-5-6-20-21(11-16)33-15-32-20/h1-6,9-11,19H,7-8,12-15H2,(H,29,30)(H2,25,26,31)/t19-/m0/s1. The summed E-state index contributed by atoms with van der Waals surface area (Å²) in [6.45, 7) is 1.23. The molecule has 3 heterocycles. The number of carbonyl (C=O) groups excluding carboxylic acids is 2. The van der Waals surface area contributed by atoms with Crippen LogP contribution in [-0.4, -0.2) is 41.3 Å². The number of benzene rings is 1. The molecule has 0 saturated carbocycles. The Hall–Kier alpha value is -3.57. The summed E-state index contributed by atoms with van der Waals surface area (Å²) in [4.78, 5) is 40.8. The molecule has 0 radical (unpaired) electrons. The van der Waals surface area contributed by atoms with E-state index in [1.807, 2.05) is 35.0 Å². The first-order valence-electron chi connectivity index (χ1n) is 11.0. The van der Waals surface area contributed by atoms with Crippen LogP contribution in [0.25, 0.3) is 0 Å². The van der Waals surface area contributed by atoms with Crippen molar-refractivity contribution in [3.63, 3.8) is 0 Å². The molecule has 0 aliphatic carbocycles. The first-order valence-corrected chi connectivity index (χ1v) is 12.7. The largest absolute Gasteiger partial charge is 0.481 e. The van der Waals surface area contributed by atoms with Crippen molar-refractivity contribution in [3.8, 4) is 11.5 Å². The number of ether oxygens (including phenoxy) is 2. The average molecular weight is 516 g/mol. The molecular formula is C24H25N3O6S2. The summed E-state index contributed by atoms with van der Waals surface area (Å²) in [5.74, 6) is -0.0615. The summed E-state index contributed by atoms with van der Waals surface area (Å²) >= 11 is 3.18. The molecular weight excluding hydrogens is 490 g/mol. The van der Waals surface area contributed by atoms with Gasteiger partial charge in [-0.1, -0.05) is 18.2 Å². The van der Waals surface area contributed by atoms with E-state index in [2.05, 4.69) is 10.6 Å². The van der Waals surface area contributed by atoms with Crippen LogP contribution in [0.1, 0.15) is 34.2 Å². The van der Waals surface area contributed by atoms with Gasteiger partial charge < -0.3 is 30.1 Å². The zero-order chi connectivity index (χ0) is 24.6. The number of fused-ring (bicyclic) bond motifs is 1. The van der Waals surface area contributed by atoms with Crippen LogP contribution in [0.5, 0.6) is 11.5 Å². The lowest BCUT2D eigenvalue weighted by molar-refractivity contribution is -0.137. The van der Waals surface area contributed by atoms with Gasteiger partial charge in [-0.3, -0.25) is 9.59 Å². The number of amides is 3. The second-order valence-electron chi connectivity index (χ2n) is 7.82. The number of carbonyl (C=O) groups is 3. The van der Waals surface area contributed by atoms with Gasteiger partial charge in [-0.2, -0.15) is 0 Å². The number of carboxylic acid groups (broad SMARTS) is 1. The van der Waals surface area contributed by atoms with Gasteiger partial charge in [0.2, 0.25) is 12.7 Å². The van der Waals surface area contributed by atoms with Crippen LogP contribution >= 0.6 is 22.7 Å². The normalized spacial score (nSPS) is 12.7. The fourth-order valence-corrected chi connectivity index (χ4v) is 5.06. The molecule has 11 heteroatoms. The van der Waals surface area contributed by atoms with E-state index in [0.29, 0.717) is 30.2 Å². The highest BCUT2D eigenvalue weighted by atomic mass is 32.1. The van der Waals surface area contributed by atoms with E-state index < -0.39 is 18.0 Å². The molecule has 0 spiro atoms. The first kappa shape index (κ1) is 24.6. The second-order valence-corrected chi connectivity index (χ2v) is 9.89. The molecule has 1 aromatic carbocycles. The Balaban J connectivity index is 1.32. The number of urea groups is 1. The summed E-state index contributed by atoms with van der Waals surface area (Å²) < 4.78 is 10.6. The molecule has 4 rings (SSSR count). The van der Waals surface area contributed by atoms with Crippen LogP contribution in [-0.2, 0) is 22.7 Å². The topological polar surface area (TPSA) is 117 Å². The molecule has 0 fully saturated rings. The van der Waals surface area contributed by atoms with Crippen LogP contribution in [0.4, 0.5) is 4.79 Å². The molecule has 9 nitrogen and oxygen atoms in total. The average Bonchev–Trinajstić information content (AvgIpc) is 3.60. The van der Waals surface area contributed by atoms with Crippen LogP contribution in [0.15, 0.2) is 53.2 Å². The van der Waals surface area contributed by atoms with E-state index in [4.69, 9.17) is 9.47 Å². The van der Waals surface area contributed by atoms with Gasteiger partial charge in [0.05, 0.1) is 25.6 Å². The van der Waals surface area contributed by atoms with Gasteiger partial charge in [0, 0.05) is 22.7 Å². The molecule has 3 N–H and O–H groups in total. The van der Waals surface area contributed by atoms with Crippen molar-refractivity contribution in [2.75, 3.05) is 13.3 Å². The van der Waals surface area contributed by atoms with E-state index in [9.17, 15) is 19.5 Å². The van der Waals surface area contributed by atoms with E-state index in [-0.39, 0.29) is 32.1 Å². The van der Waals surface area contributed by atoms with E-state index in [1.165, 1.54) is 0 Å². The molecule has 0 unspecified atom stereocenters. The summed E-state index contributed by atoms with van der Waals surface area (Å²) in [7, 11) is 0. The lowest BCUT2D eigenvalue weighted by Gasteiger charge is -2.22. The third-order valence-electron chi connectivity index (χ3n) is 5.31. The minimum absolute atomic E-state index is 0.0787. The van der Waals surface area contributed by atoms with Crippen molar-refractivity contribution in [1.82, 2.24) is 15.5 Å². The molecule has 3 amide bonds. The predicted octanol–water partition coefficient (Wildman–Crippen LogP) is 3.97. The Kier molecular flexibility index (Phi) is 8.22.